The van der Waals surface area contributed by atoms with Gasteiger partial charge in [0.05, 0.1) is 13.7 Å². The zero-order chi connectivity index (χ0) is 16.5. The third-order valence-corrected chi connectivity index (χ3v) is 3.64. The maximum absolute atomic E-state index is 12.7. The van der Waals surface area contributed by atoms with Crippen LogP contribution in [0.1, 0.15) is 55.5 Å². The summed E-state index contributed by atoms with van der Waals surface area (Å²) in [6.07, 6.45) is 3.96. The van der Waals surface area contributed by atoms with E-state index in [-0.39, 0.29) is 24.0 Å². The second kappa shape index (κ2) is 9.30. The van der Waals surface area contributed by atoms with E-state index in [1.807, 2.05) is 4.90 Å². The standard InChI is InChI=1S/C17H27NO4/c1-4-6-8-18(9-7-5-2)17(21)13-10-14(12-19)16(20)15(11-13)22-3/h10-11,19-20H,4-9,12H2,1-3H3. The molecule has 0 saturated heterocycles. The predicted octanol–water partition coefficient (Wildman–Crippen LogP) is 2.94. The molecule has 0 bridgehead atoms. The van der Waals surface area contributed by atoms with Crippen molar-refractivity contribution < 1.29 is 19.7 Å². The molecule has 0 aromatic heterocycles. The predicted molar refractivity (Wildman–Crippen MR) is 86.3 cm³/mol. The third-order valence-electron chi connectivity index (χ3n) is 3.64. The van der Waals surface area contributed by atoms with Crippen molar-refractivity contribution in [2.24, 2.45) is 0 Å². The number of carbonyl (C=O) groups excluding carboxylic acids is 1. The van der Waals surface area contributed by atoms with Gasteiger partial charge in [0.15, 0.2) is 11.5 Å². The molecule has 5 nitrogen and oxygen atoms in total. The van der Waals surface area contributed by atoms with Gasteiger partial charge in [-0.25, -0.2) is 0 Å². The number of methoxy groups -OCH3 is 1. The molecule has 124 valence electrons. The molecule has 22 heavy (non-hydrogen) atoms. The summed E-state index contributed by atoms with van der Waals surface area (Å²) in [5.41, 5.74) is 0.736. The molecule has 1 amide bonds. The van der Waals surface area contributed by atoms with Gasteiger partial charge in [0.2, 0.25) is 0 Å². The highest BCUT2D eigenvalue weighted by Gasteiger charge is 2.19. The van der Waals surface area contributed by atoms with Gasteiger partial charge < -0.3 is 19.8 Å². The largest absolute Gasteiger partial charge is 0.504 e. The summed E-state index contributed by atoms with van der Waals surface area (Å²) >= 11 is 0. The fraction of sp³-hybridized carbons (Fsp3) is 0.588. The topological polar surface area (TPSA) is 70.0 Å². The van der Waals surface area contributed by atoms with Crippen LogP contribution in [0.25, 0.3) is 0 Å². The van der Waals surface area contributed by atoms with Crippen LogP contribution in [0, 0.1) is 0 Å². The quantitative estimate of drug-likeness (QED) is 0.736. The van der Waals surface area contributed by atoms with Gasteiger partial charge in [0, 0.05) is 24.2 Å². The average Bonchev–Trinajstić information content (AvgIpc) is 2.54. The van der Waals surface area contributed by atoms with Crippen molar-refractivity contribution in [2.45, 2.75) is 46.1 Å². The Bertz CT molecular complexity index is 455. The van der Waals surface area contributed by atoms with E-state index in [1.165, 1.54) is 19.2 Å². The summed E-state index contributed by atoms with van der Waals surface area (Å²) in [7, 11) is 1.43. The highest BCUT2D eigenvalue weighted by Crippen LogP contribution is 2.32. The van der Waals surface area contributed by atoms with Crippen LogP contribution in [0.5, 0.6) is 11.5 Å². The molecule has 1 aromatic carbocycles. The highest BCUT2D eigenvalue weighted by molar-refractivity contribution is 5.95. The van der Waals surface area contributed by atoms with Crippen molar-refractivity contribution in [3.8, 4) is 11.5 Å². The van der Waals surface area contributed by atoms with Crippen LogP contribution in [-0.2, 0) is 6.61 Å². The van der Waals surface area contributed by atoms with Crippen molar-refractivity contribution in [1.29, 1.82) is 0 Å². The SMILES string of the molecule is CCCCN(CCCC)C(=O)c1cc(CO)c(O)c(OC)c1. The van der Waals surface area contributed by atoms with Crippen molar-refractivity contribution in [2.75, 3.05) is 20.2 Å². The van der Waals surface area contributed by atoms with E-state index >= 15 is 0 Å². The van der Waals surface area contributed by atoms with Crippen LogP contribution in [0.4, 0.5) is 0 Å². The zero-order valence-corrected chi connectivity index (χ0v) is 13.8. The fourth-order valence-corrected chi connectivity index (χ4v) is 2.26. The Labute approximate surface area is 132 Å². The molecule has 0 fully saturated rings. The number of nitrogens with zero attached hydrogens (tertiary/aromatic N) is 1. The third kappa shape index (κ3) is 4.63. The van der Waals surface area contributed by atoms with Crippen molar-refractivity contribution in [3.05, 3.63) is 23.3 Å². The number of rotatable bonds is 9. The molecule has 0 heterocycles. The summed E-state index contributed by atoms with van der Waals surface area (Å²) in [6.45, 7) is 5.28. The molecule has 0 aliphatic rings. The van der Waals surface area contributed by atoms with Crippen LogP contribution < -0.4 is 4.74 Å². The van der Waals surface area contributed by atoms with Crippen molar-refractivity contribution in [1.82, 2.24) is 4.90 Å². The van der Waals surface area contributed by atoms with E-state index in [2.05, 4.69) is 13.8 Å². The normalized spacial score (nSPS) is 10.5. The summed E-state index contributed by atoms with van der Waals surface area (Å²) in [5, 5.41) is 19.2. The number of phenols is 1. The first-order valence-corrected chi connectivity index (χ1v) is 7.88. The number of unbranched alkanes of at least 4 members (excludes halogenated alkanes) is 2. The van der Waals surface area contributed by atoms with Gasteiger partial charge in [-0.3, -0.25) is 4.79 Å². The first-order valence-electron chi connectivity index (χ1n) is 7.88. The van der Waals surface area contributed by atoms with Crippen LogP contribution in [0.15, 0.2) is 12.1 Å². The van der Waals surface area contributed by atoms with Gasteiger partial charge in [0.25, 0.3) is 5.91 Å². The molecule has 1 rings (SSSR count). The van der Waals surface area contributed by atoms with E-state index in [9.17, 15) is 15.0 Å². The lowest BCUT2D eigenvalue weighted by Crippen LogP contribution is -2.33. The molecule has 0 spiro atoms. The first kappa shape index (κ1) is 18.3. The minimum absolute atomic E-state index is 0.0881. The lowest BCUT2D eigenvalue weighted by atomic mass is 10.1. The number of amides is 1. The molecule has 1 aromatic rings. The van der Waals surface area contributed by atoms with E-state index in [0.717, 1.165) is 25.7 Å². The Morgan fingerprint density at radius 2 is 1.77 bits per heavy atom. The lowest BCUT2D eigenvalue weighted by molar-refractivity contribution is 0.0750. The number of hydrogen-bond donors (Lipinski definition) is 2. The number of aromatic hydroxyl groups is 1. The number of hydrogen-bond acceptors (Lipinski definition) is 4. The molecule has 0 aliphatic heterocycles. The Hall–Kier alpha value is -1.75. The van der Waals surface area contributed by atoms with Crippen LogP contribution >= 0.6 is 0 Å². The number of benzene rings is 1. The second-order valence-corrected chi connectivity index (χ2v) is 5.34. The molecule has 5 heteroatoms. The Kier molecular flexibility index (Phi) is 7.74. The number of ether oxygens (including phenoxy) is 1. The van der Waals surface area contributed by atoms with Gasteiger partial charge in [-0.05, 0) is 25.0 Å². The smallest absolute Gasteiger partial charge is 0.254 e. The van der Waals surface area contributed by atoms with Gasteiger partial charge in [-0.15, -0.1) is 0 Å². The van der Waals surface area contributed by atoms with E-state index in [1.54, 1.807) is 0 Å². The Morgan fingerprint density at radius 1 is 1.18 bits per heavy atom. The Balaban J connectivity index is 3.06. The molecule has 0 saturated carbocycles. The minimum atomic E-state index is -0.340. The van der Waals surface area contributed by atoms with E-state index < -0.39 is 0 Å². The first-order chi connectivity index (χ1) is 10.6. The van der Waals surface area contributed by atoms with E-state index in [4.69, 9.17) is 4.74 Å². The fourth-order valence-electron chi connectivity index (χ4n) is 2.26. The van der Waals surface area contributed by atoms with Crippen molar-refractivity contribution >= 4 is 5.91 Å². The Morgan fingerprint density at radius 3 is 2.23 bits per heavy atom. The van der Waals surface area contributed by atoms with Crippen LogP contribution in [0.3, 0.4) is 0 Å². The molecular weight excluding hydrogens is 282 g/mol. The number of carbonyl (C=O) groups is 1. The molecule has 0 radical (unpaired) electrons. The summed E-state index contributed by atoms with van der Waals surface area (Å²) in [4.78, 5) is 14.5. The molecule has 2 N–H and O–H groups in total. The second-order valence-electron chi connectivity index (χ2n) is 5.34. The minimum Gasteiger partial charge on any atom is -0.504 e. The van der Waals surface area contributed by atoms with Crippen LogP contribution in [-0.4, -0.2) is 41.2 Å². The summed E-state index contributed by atoms with van der Waals surface area (Å²) in [6, 6.07) is 3.06. The number of aliphatic hydroxyl groups is 1. The van der Waals surface area contributed by atoms with Gasteiger partial charge >= 0.3 is 0 Å². The molecule has 0 atom stereocenters. The summed E-state index contributed by atoms with van der Waals surface area (Å²) in [5.74, 6) is 0.00551. The lowest BCUT2D eigenvalue weighted by Gasteiger charge is -2.23. The zero-order valence-electron chi connectivity index (χ0n) is 13.8. The van der Waals surface area contributed by atoms with Gasteiger partial charge in [-0.1, -0.05) is 26.7 Å². The highest BCUT2D eigenvalue weighted by atomic mass is 16.5. The monoisotopic (exact) mass is 309 g/mol. The van der Waals surface area contributed by atoms with E-state index in [0.29, 0.717) is 24.2 Å². The maximum Gasteiger partial charge on any atom is 0.254 e. The van der Waals surface area contributed by atoms with Gasteiger partial charge in [-0.2, -0.15) is 0 Å². The van der Waals surface area contributed by atoms with Crippen molar-refractivity contribution in [3.63, 3.8) is 0 Å². The maximum atomic E-state index is 12.7. The van der Waals surface area contributed by atoms with Crippen LogP contribution in [0.2, 0.25) is 0 Å². The molecule has 0 aliphatic carbocycles. The molecular formula is C17H27NO4. The van der Waals surface area contributed by atoms with Gasteiger partial charge in [0.1, 0.15) is 0 Å². The molecule has 0 unspecified atom stereocenters. The summed E-state index contributed by atoms with van der Waals surface area (Å²) < 4.78 is 5.09. The number of aliphatic hydroxyl groups excluding tert-OH is 1. The average molecular weight is 309 g/mol.